The van der Waals surface area contributed by atoms with E-state index < -0.39 is 15.9 Å². The van der Waals surface area contributed by atoms with Gasteiger partial charge in [0.25, 0.3) is 15.9 Å². The van der Waals surface area contributed by atoms with E-state index in [2.05, 4.69) is 10.0 Å². The fourth-order valence-electron chi connectivity index (χ4n) is 3.04. The molecule has 0 bridgehead atoms. The van der Waals surface area contributed by atoms with Crippen molar-refractivity contribution < 1.29 is 22.7 Å². The van der Waals surface area contributed by atoms with E-state index >= 15 is 0 Å². The molecule has 2 N–H and O–H groups in total. The van der Waals surface area contributed by atoms with Crippen molar-refractivity contribution in [2.24, 2.45) is 0 Å². The topological polar surface area (TPSA) is 93.7 Å². The molecule has 0 aliphatic rings. The lowest BCUT2D eigenvalue weighted by Gasteiger charge is -2.13. The number of rotatable bonds is 8. The number of anilines is 2. The van der Waals surface area contributed by atoms with E-state index in [0.717, 1.165) is 11.1 Å². The van der Waals surface area contributed by atoms with Crippen LogP contribution in [0.4, 0.5) is 11.4 Å². The number of hydrogen-bond acceptors (Lipinski definition) is 5. The van der Waals surface area contributed by atoms with Crippen LogP contribution in [0.25, 0.3) is 0 Å². The highest BCUT2D eigenvalue weighted by atomic mass is 32.2. The number of benzene rings is 3. The van der Waals surface area contributed by atoms with Crippen LogP contribution in [0.2, 0.25) is 0 Å². The SMILES string of the molecule is COc1ccccc1NS(=O)(=O)c1cccc(NC(=O)COc2cc(C)cc(C)c2)c1. The van der Waals surface area contributed by atoms with Crippen molar-refractivity contribution in [3.05, 3.63) is 77.9 Å². The van der Waals surface area contributed by atoms with Crippen LogP contribution in [0, 0.1) is 13.8 Å². The van der Waals surface area contributed by atoms with Crippen LogP contribution < -0.4 is 19.5 Å². The van der Waals surface area contributed by atoms with Crippen molar-refractivity contribution in [1.29, 1.82) is 0 Å². The van der Waals surface area contributed by atoms with Crippen molar-refractivity contribution in [3.8, 4) is 11.5 Å². The van der Waals surface area contributed by atoms with Gasteiger partial charge >= 0.3 is 0 Å². The molecule has 0 atom stereocenters. The maximum Gasteiger partial charge on any atom is 0.262 e. The molecule has 0 saturated carbocycles. The Labute approximate surface area is 182 Å². The normalized spacial score (nSPS) is 10.9. The summed E-state index contributed by atoms with van der Waals surface area (Å²) in [6, 6.07) is 18.4. The summed E-state index contributed by atoms with van der Waals surface area (Å²) in [6.45, 7) is 3.70. The van der Waals surface area contributed by atoms with Gasteiger partial charge in [0.05, 0.1) is 17.7 Å². The molecule has 0 fully saturated rings. The van der Waals surface area contributed by atoms with Gasteiger partial charge in [-0.15, -0.1) is 0 Å². The minimum atomic E-state index is -3.88. The number of hydrogen-bond donors (Lipinski definition) is 2. The van der Waals surface area contributed by atoms with Gasteiger partial charge in [0.1, 0.15) is 11.5 Å². The lowest BCUT2D eigenvalue weighted by atomic mass is 10.1. The Morgan fingerprint density at radius 1 is 0.935 bits per heavy atom. The summed E-state index contributed by atoms with van der Waals surface area (Å²) >= 11 is 0. The van der Waals surface area contributed by atoms with Gasteiger partial charge in [-0.2, -0.15) is 0 Å². The fourth-order valence-corrected chi connectivity index (χ4v) is 4.15. The van der Waals surface area contributed by atoms with Gasteiger partial charge in [0, 0.05) is 5.69 Å². The molecule has 3 rings (SSSR count). The molecular formula is C23H24N2O5S. The molecule has 0 spiro atoms. The fraction of sp³-hybridized carbons (Fsp3) is 0.174. The third kappa shape index (κ3) is 5.99. The summed E-state index contributed by atoms with van der Waals surface area (Å²) in [7, 11) is -2.42. The number of ether oxygens (including phenoxy) is 2. The summed E-state index contributed by atoms with van der Waals surface area (Å²) < 4.78 is 38.8. The molecule has 1 amide bonds. The molecule has 3 aromatic rings. The van der Waals surface area contributed by atoms with Crippen molar-refractivity contribution in [2.45, 2.75) is 18.7 Å². The second-order valence-electron chi connectivity index (χ2n) is 6.99. The first-order valence-corrected chi connectivity index (χ1v) is 11.0. The molecule has 0 aliphatic carbocycles. The van der Waals surface area contributed by atoms with Crippen LogP contribution in [-0.2, 0) is 14.8 Å². The monoisotopic (exact) mass is 440 g/mol. The van der Waals surface area contributed by atoms with E-state index in [1.54, 1.807) is 36.4 Å². The van der Waals surface area contributed by atoms with Gasteiger partial charge in [0.2, 0.25) is 0 Å². The molecule has 8 heteroatoms. The molecule has 0 aromatic heterocycles. The molecular weight excluding hydrogens is 416 g/mol. The Morgan fingerprint density at radius 2 is 1.65 bits per heavy atom. The van der Waals surface area contributed by atoms with Crippen molar-refractivity contribution in [2.75, 3.05) is 23.8 Å². The molecule has 162 valence electrons. The molecule has 7 nitrogen and oxygen atoms in total. The van der Waals surface area contributed by atoms with E-state index in [-0.39, 0.29) is 11.5 Å². The average molecular weight is 441 g/mol. The van der Waals surface area contributed by atoms with Crippen LogP contribution in [0.1, 0.15) is 11.1 Å². The first kappa shape index (κ1) is 22.2. The third-order valence-electron chi connectivity index (χ3n) is 4.34. The Balaban J connectivity index is 1.68. The Bertz CT molecular complexity index is 1170. The Kier molecular flexibility index (Phi) is 6.81. The number of para-hydroxylation sites is 2. The largest absolute Gasteiger partial charge is 0.495 e. The van der Waals surface area contributed by atoms with Gasteiger partial charge in [-0.05, 0) is 67.4 Å². The lowest BCUT2D eigenvalue weighted by Crippen LogP contribution is -2.20. The molecule has 0 saturated heterocycles. The zero-order chi connectivity index (χ0) is 22.4. The molecule has 0 unspecified atom stereocenters. The Hall–Kier alpha value is -3.52. The van der Waals surface area contributed by atoms with Crippen LogP contribution in [0.15, 0.2) is 71.6 Å². The Morgan fingerprint density at radius 3 is 2.35 bits per heavy atom. The van der Waals surface area contributed by atoms with Gasteiger partial charge in [0.15, 0.2) is 6.61 Å². The zero-order valence-electron chi connectivity index (χ0n) is 17.5. The van der Waals surface area contributed by atoms with Crippen LogP contribution in [-0.4, -0.2) is 28.0 Å². The smallest absolute Gasteiger partial charge is 0.262 e. The number of nitrogens with one attached hydrogen (secondary N) is 2. The molecule has 3 aromatic carbocycles. The highest BCUT2D eigenvalue weighted by molar-refractivity contribution is 7.92. The lowest BCUT2D eigenvalue weighted by molar-refractivity contribution is -0.118. The number of amides is 1. The standard InChI is InChI=1S/C23H24N2O5S/c1-16-11-17(2)13-19(12-16)30-15-23(26)24-18-7-6-8-20(14-18)31(27,28)25-21-9-4-5-10-22(21)29-3/h4-14,25H,15H2,1-3H3,(H,24,26). The number of carbonyl (C=O) groups is 1. The first-order chi connectivity index (χ1) is 14.8. The van der Waals surface area contributed by atoms with E-state index in [0.29, 0.717) is 22.9 Å². The van der Waals surface area contributed by atoms with Crippen LogP contribution >= 0.6 is 0 Å². The van der Waals surface area contributed by atoms with Crippen LogP contribution in [0.3, 0.4) is 0 Å². The number of sulfonamides is 1. The maximum absolute atomic E-state index is 12.8. The predicted octanol–water partition coefficient (Wildman–Crippen LogP) is 4.13. The molecule has 0 heterocycles. The van der Waals surface area contributed by atoms with Crippen molar-refractivity contribution in [1.82, 2.24) is 0 Å². The van der Waals surface area contributed by atoms with E-state index in [9.17, 15) is 13.2 Å². The highest BCUT2D eigenvalue weighted by Gasteiger charge is 2.17. The quantitative estimate of drug-likeness (QED) is 0.549. The summed E-state index contributed by atoms with van der Waals surface area (Å²) in [6.07, 6.45) is 0. The summed E-state index contributed by atoms with van der Waals surface area (Å²) in [4.78, 5) is 12.3. The number of aryl methyl sites for hydroxylation is 2. The van der Waals surface area contributed by atoms with Gasteiger partial charge in [-0.25, -0.2) is 8.42 Å². The van der Waals surface area contributed by atoms with Crippen LogP contribution in [0.5, 0.6) is 11.5 Å². The van der Waals surface area contributed by atoms with Gasteiger partial charge in [-0.3, -0.25) is 9.52 Å². The number of carbonyl (C=O) groups excluding carboxylic acids is 1. The molecule has 0 radical (unpaired) electrons. The second-order valence-corrected chi connectivity index (χ2v) is 8.68. The second kappa shape index (κ2) is 9.53. The third-order valence-corrected chi connectivity index (χ3v) is 5.71. The van der Waals surface area contributed by atoms with E-state index in [4.69, 9.17) is 9.47 Å². The summed E-state index contributed by atoms with van der Waals surface area (Å²) in [5.74, 6) is 0.607. The molecule has 0 aliphatic heterocycles. The minimum Gasteiger partial charge on any atom is -0.495 e. The minimum absolute atomic E-state index is 0.00596. The highest BCUT2D eigenvalue weighted by Crippen LogP contribution is 2.27. The van der Waals surface area contributed by atoms with Crippen molar-refractivity contribution >= 4 is 27.3 Å². The summed E-state index contributed by atoms with van der Waals surface area (Å²) in [5.41, 5.74) is 2.74. The molecule has 31 heavy (non-hydrogen) atoms. The van der Waals surface area contributed by atoms with Gasteiger partial charge < -0.3 is 14.8 Å². The maximum atomic E-state index is 12.8. The van der Waals surface area contributed by atoms with Gasteiger partial charge in [-0.1, -0.05) is 24.3 Å². The average Bonchev–Trinajstić information content (AvgIpc) is 2.72. The van der Waals surface area contributed by atoms with Crippen molar-refractivity contribution in [3.63, 3.8) is 0 Å². The van der Waals surface area contributed by atoms with E-state index in [1.165, 1.54) is 19.2 Å². The summed E-state index contributed by atoms with van der Waals surface area (Å²) in [5, 5.41) is 2.66. The predicted molar refractivity (Wildman–Crippen MR) is 120 cm³/mol. The zero-order valence-corrected chi connectivity index (χ0v) is 18.3. The van der Waals surface area contributed by atoms with E-state index in [1.807, 2.05) is 32.0 Å². The number of methoxy groups -OCH3 is 1. The first-order valence-electron chi connectivity index (χ1n) is 9.54.